The minimum atomic E-state index is 0.0304. The Morgan fingerprint density at radius 2 is 1.56 bits per heavy atom. The normalized spacial score (nSPS) is 19.0. The minimum absolute atomic E-state index is 0.0304. The maximum Gasteiger partial charge on any atom is 0.321 e. The monoisotopic (exact) mass is 363 g/mol. The molecule has 2 amide bonds. The molecule has 0 atom stereocenters. The maximum absolute atomic E-state index is 12.6. The highest BCUT2D eigenvalue weighted by Gasteiger charge is 2.36. The third kappa shape index (κ3) is 3.86. The van der Waals surface area contributed by atoms with E-state index in [0.717, 1.165) is 43.0 Å². The summed E-state index contributed by atoms with van der Waals surface area (Å²) in [6.45, 7) is 8.03. The zero-order valence-electron chi connectivity index (χ0n) is 16.3. The number of para-hydroxylation sites is 1. The lowest BCUT2D eigenvalue weighted by Gasteiger charge is -2.47. The molecule has 1 N–H and O–H groups in total. The van der Waals surface area contributed by atoms with Gasteiger partial charge in [-0.15, -0.1) is 0 Å². The first-order chi connectivity index (χ1) is 13.1. The molecule has 2 aromatic rings. The SMILES string of the molecule is Cc1cccc(C)c1NC(=O)N1CC(N2CCC(c3ccccc3)CC2)C1. The van der Waals surface area contributed by atoms with Crippen LogP contribution in [-0.2, 0) is 0 Å². The first-order valence-electron chi connectivity index (χ1n) is 10.0. The van der Waals surface area contributed by atoms with E-state index in [-0.39, 0.29) is 6.03 Å². The van der Waals surface area contributed by atoms with E-state index in [1.807, 2.05) is 36.9 Å². The van der Waals surface area contributed by atoms with E-state index in [2.05, 4.69) is 40.5 Å². The maximum atomic E-state index is 12.6. The van der Waals surface area contributed by atoms with E-state index in [1.54, 1.807) is 0 Å². The average Bonchev–Trinajstić information content (AvgIpc) is 2.65. The number of urea groups is 1. The van der Waals surface area contributed by atoms with E-state index in [0.29, 0.717) is 12.0 Å². The Labute approximate surface area is 162 Å². The number of likely N-dealkylation sites (tertiary alicyclic amines) is 2. The average molecular weight is 364 g/mol. The minimum Gasteiger partial charge on any atom is -0.321 e. The predicted octanol–water partition coefficient (Wildman–Crippen LogP) is 4.40. The molecule has 0 bridgehead atoms. The van der Waals surface area contributed by atoms with E-state index < -0.39 is 0 Å². The second kappa shape index (κ2) is 7.73. The molecule has 4 rings (SSSR count). The number of piperidine rings is 1. The summed E-state index contributed by atoms with van der Waals surface area (Å²) in [4.78, 5) is 17.1. The molecule has 0 unspecified atom stereocenters. The van der Waals surface area contributed by atoms with Crippen LogP contribution in [-0.4, -0.2) is 48.1 Å². The van der Waals surface area contributed by atoms with Gasteiger partial charge in [0.1, 0.15) is 0 Å². The van der Waals surface area contributed by atoms with Crippen molar-refractivity contribution in [2.24, 2.45) is 0 Å². The Morgan fingerprint density at radius 1 is 0.926 bits per heavy atom. The smallest absolute Gasteiger partial charge is 0.321 e. The molecule has 2 heterocycles. The van der Waals surface area contributed by atoms with E-state index >= 15 is 0 Å². The van der Waals surface area contributed by atoms with Crippen LogP contribution in [0.25, 0.3) is 0 Å². The number of rotatable bonds is 3. The number of carbonyl (C=O) groups excluding carboxylic acids is 1. The molecule has 2 aromatic carbocycles. The molecule has 142 valence electrons. The molecule has 0 saturated carbocycles. The van der Waals surface area contributed by atoms with Gasteiger partial charge in [-0.1, -0.05) is 48.5 Å². The van der Waals surface area contributed by atoms with Crippen LogP contribution >= 0.6 is 0 Å². The molecule has 4 heteroatoms. The van der Waals surface area contributed by atoms with Crippen LogP contribution in [0.3, 0.4) is 0 Å². The van der Waals surface area contributed by atoms with Gasteiger partial charge >= 0.3 is 6.03 Å². The van der Waals surface area contributed by atoms with E-state index in [4.69, 9.17) is 0 Å². The summed E-state index contributed by atoms with van der Waals surface area (Å²) in [6, 6.07) is 17.5. The van der Waals surface area contributed by atoms with E-state index in [9.17, 15) is 4.79 Å². The number of hydrogen-bond donors (Lipinski definition) is 1. The van der Waals surface area contributed by atoms with Gasteiger partial charge in [0, 0.05) is 24.8 Å². The van der Waals surface area contributed by atoms with Crippen molar-refractivity contribution in [2.45, 2.75) is 38.6 Å². The standard InChI is InChI=1S/C23H29N3O/c1-17-7-6-8-18(2)22(17)24-23(27)26-15-21(16-26)25-13-11-20(12-14-25)19-9-4-3-5-10-19/h3-10,20-21H,11-16H2,1-2H3,(H,24,27). The number of benzene rings is 2. The summed E-state index contributed by atoms with van der Waals surface area (Å²) in [5, 5.41) is 3.10. The summed E-state index contributed by atoms with van der Waals surface area (Å²) in [7, 11) is 0. The van der Waals surface area contributed by atoms with Crippen molar-refractivity contribution in [1.29, 1.82) is 0 Å². The van der Waals surface area contributed by atoms with Crippen molar-refractivity contribution < 1.29 is 4.79 Å². The van der Waals surface area contributed by atoms with Gasteiger partial charge in [-0.25, -0.2) is 4.79 Å². The highest BCUT2D eigenvalue weighted by atomic mass is 16.2. The third-order valence-electron chi connectivity index (χ3n) is 6.18. The van der Waals surface area contributed by atoms with Crippen molar-refractivity contribution in [3.63, 3.8) is 0 Å². The lowest BCUT2D eigenvalue weighted by Crippen LogP contribution is -2.62. The molecule has 4 nitrogen and oxygen atoms in total. The number of nitrogens with zero attached hydrogens (tertiary/aromatic N) is 2. The Bertz CT molecular complexity index is 770. The summed E-state index contributed by atoms with van der Waals surface area (Å²) < 4.78 is 0. The molecule has 2 saturated heterocycles. The number of anilines is 1. The predicted molar refractivity (Wildman–Crippen MR) is 110 cm³/mol. The topological polar surface area (TPSA) is 35.6 Å². The van der Waals surface area contributed by atoms with Gasteiger partial charge in [0.25, 0.3) is 0 Å². The largest absolute Gasteiger partial charge is 0.321 e. The molecule has 2 fully saturated rings. The van der Waals surface area contributed by atoms with Crippen LogP contribution in [0.15, 0.2) is 48.5 Å². The number of amides is 2. The highest BCUT2D eigenvalue weighted by molar-refractivity contribution is 5.91. The van der Waals surface area contributed by atoms with Gasteiger partial charge in [-0.2, -0.15) is 0 Å². The molecule has 0 aromatic heterocycles. The molecular formula is C23H29N3O. The second-order valence-electron chi connectivity index (χ2n) is 7.98. The van der Waals surface area contributed by atoms with Crippen LogP contribution in [0.5, 0.6) is 0 Å². The van der Waals surface area contributed by atoms with Crippen LogP contribution in [0.2, 0.25) is 0 Å². The van der Waals surface area contributed by atoms with Crippen molar-refractivity contribution in [3.8, 4) is 0 Å². The number of carbonyl (C=O) groups is 1. The zero-order valence-corrected chi connectivity index (χ0v) is 16.3. The number of hydrogen-bond acceptors (Lipinski definition) is 2. The summed E-state index contributed by atoms with van der Waals surface area (Å²) in [6.07, 6.45) is 2.43. The lowest BCUT2D eigenvalue weighted by atomic mass is 9.88. The number of nitrogens with one attached hydrogen (secondary N) is 1. The fraction of sp³-hybridized carbons (Fsp3) is 0.435. The summed E-state index contributed by atoms with van der Waals surface area (Å²) >= 11 is 0. The van der Waals surface area contributed by atoms with E-state index in [1.165, 1.54) is 18.4 Å². The Kier molecular flexibility index (Phi) is 5.17. The molecule has 2 aliphatic heterocycles. The first-order valence-corrected chi connectivity index (χ1v) is 10.0. The Balaban J connectivity index is 1.26. The van der Waals surface area contributed by atoms with Crippen LogP contribution in [0.1, 0.15) is 35.4 Å². The van der Waals surface area contributed by atoms with Crippen molar-refractivity contribution >= 4 is 11.7 Å². The molecule has 2 aliphatic rings. The Morgan fingerprint density at radius 3 is 2.19 bits per heavy atom. The highest BCUT2D eigenvalue weighted by Crippen LogP contribution is 2.30. The molecule has 0 spiro atoms. The van der Waals surface area contributed by atoms with Gasteiger partial charge in [0.15, 0.2) is 0 Å². The first kappa shape index (κ1) is 18.1. The summed E-state index contributed by atoms with van der Waals surface area (Å²) in [5.41, 5.74) is 4.65. The van der Waals surface area contributed by atoms with Gasteiger partial charge in [0.2, 0.25) is 0 Å². The van der Waals surface area contributed by atoms with Gasteiger partial charge in [-0.05, 0) is 62.4 Å². The zero-order chi connectivity index (χ0) is 18.8. The van der Waals surface area contributed by atoms with Crippen LogP contribution < -0.4 is 5.32 Å². The fourth-order valence-corrected chi connectivity index (χ4v) is 4.37. The van der Waals surface area contributed by atoms with Crippen LogP contribution in [0.4, 0.5) is 10.5 Å². The van der Waals surface area contributed by atoms with Gasteiger partial charge in [-0.3, -0.25) is 4.90 Å². The molecule has 0 aliphatic carbocycles. The second-order valence-corrected chi connectivity index (χ2v) is 7.98. The molecule has 27 heavy (non-hydrogen) atoms. The molecule has 0 radical (unpaired) electrons. The quantitative estimate of drug-likeness (QED) is 0.877. The van der Waals surface area contributed by atoms with Gasteiger partial charge in [0.05, 0.1) is 0 Å². The third-order valence-corrected chi connectivity index (χ3v) is 6.18. The van der Waals surface area contributed by atoms with Crippen molar-refractivity contribution in [3.05, 3.63) is 65.2 Å². The van der Waals surface area contributed by atoms with Crippen molar-refractivity contribution in [1.82, 2.24) is 9.80 Å². The van der Waals surface area contributed by atoms with Crippen LogP contribution in [0, 0.1) is 13.8 Å². The summed E-state index contributed by atoms with van der Waals surface area (Å²) in [5.74, 6) is 0.686. The lowest BCUT2D eigenvalue weighted by molar-refractivity contribution is 0.0453. The molecular weight excluding hydrogens is 334 g/mol. The number of aryl methyl sites for hydroxylation is 2. The van der Waals surface area contributed by atoms with Crippen molar-refractivity contribution in [2.75, 3.05) is 31.5 Å². The fourth-order valence-electron chi connectivity index (χ4n) is 4.37. The van der Waals surface area contributed by atoms with Gasteiger partial charge < -0.3 is 10.2 Å². The Hall–Kier alpha value is -2.33.